The Morgan fingerprint density at radius 2 is 1.19 bits per heavy atom. The van der Waals surface area contributed by atoms with E-state index in [9.17, 15) is 0 Å². The van der Waals surface area contributed by atoms with Gasteiger partial charge in [0.2, 0.25) is 0 Å². The highest BCUT2D eigenvalue weighted by molar-refractivity contribution is 4.91. The lowest BCUT2D eigenvalue weighted by Crippen LogP contribution is -2.32. The molecule has 0 aromatic carbocycles. The van der Waals surface area contributed by atoms with Crippen molar-refractivity contribution in [2.45, 2.75) is 151 Å². The molecule has 0 spiro atoms. The Kier molecular flexibility index (Phi) is 13.7. The molecule has 0 aliphatic rings. The Morgan fingerprint density at radius 3 is 1.73 bits per heavy atom. The van der Waals surface area contributed by atoms with E-state index < -0.39 is 0 Å². The average molecular weight is 526 g/mol. The highest BCUT2D eigenvalue weighted by atomic mass is 16.5. The number of aromatic nitrogens is 3. The van der Waals surface area contributed by atoms with E-state index in [1.165, 1.54) is 6.42 Å². The molecule has 1 heterocycles. The van der Waals surface area contributed by atoms with Crippen LogP contribution in [0.15, 0.2) is 6.20 Å². The predicted octanol–water partition coefficient (Wildman–Crippen LogP) is 7.22. The smallest absolute Gasteiger partial charge is 0.108 e. The fourth-order valence-electron chi connectivity index (χ4n) is 3.63. The summed E-state index contributed by atoms with van der Waals surface area (Å²) in [6.45, 7) is 29.3. The first-order chi connectivity index (χ1) is 16.9. The molecule has 0 aliphatic carbocycles. The van der Waals surface area contributed by atoms with Crippen LogP contribution in [0.5, 0.6) is 0 Å². The molecular formula is C30H59N3O4. The lowest BCUT2D eigenvalue weighted by atomic mass is 9.96. The van der Waals surface area contributed by atoms with Crippen molar-refractivity contribution in [2.75, 3.05) is 19.8 Å². The molecule has 7 nitrogen and oxygen atoms in total. The molecule has 0 saturated carbocycles. The van der Waals surface area contributed by atoms with Crippen LogP contribution in [0.1, 0.15) is 121 Å². The second-order valence-electron chi connectivity index (χ2n) is 13.9. The van der Waals surface area contributed by atoms with Crippen LogP contribution in [0.2, 0.25) is 0 Å². The van der Waals surface area contributed by atoms with Crippen molar-refractivity contribution >= 4 is 0 Å². The summed E-state index contributed by atoms with van der Waals surface area (Å²) in [5, 5.41) is 8.60. The molecule has 0 aliphatic heterocycles. The van der Waals surface area contributed by atoms with E-state index in [0.29, 0.717) is 31.7 Å². The number of hydrogen-bond acceptors (Lipinski definition) is 6. The zero-order valence-corrected chi connectivity index (χ0v) is 26.3. The highest BCUT2D eigenvalue weighted by Gasteiger charge is 2.25. The molecule has 0 bridgehead atoms. The second kappa shape index (κ2) is 14.9. The fourth-order valence-corrected chi connectivity index (χ4v) is 3.63. The normalized spacial score (nSPS) is 13.8. The third-order valence-corrected chi connectivity index (χ3v) is 6.66. The SMILES string of the molecule is CC(C)CCC(C)(C)OCCC(C)(C)OCc1cn(CCC(C)(C)OCCC(C)(C)OCC(C)C)nn1. The number of ether oxygens (including phenoxy) is 4. The lowest BCUT2D eigenvalue weighted by Gasteiger charge is -2.30. The zero-order valence-electron chi connectivity index (χ0n) is 26.3. The van der Waals surface area contributed by atoms with Gasteiger partial charge in [-0.1, -0.05) is 32.9 Å². The monoisotopic (exact) mass is 525 g/mol. The molecular weight excluding hydrogens is 466 g/mol. The summed E-state index contributed by atoms with van der Waals surface area (Å²) in [5.41, 5.74) is 0.0276. The Morgan fingerprint density at radius 1 is 0.676 bits per heavy atom. The molecule has 0 saturated heterocycles. The Balaban J connectivity index is 2.38. The first-order valence-electron chi connectivity index (χ1n) is 14.4. The minimum absolute atomic E-state index is 0.0989. The van der Waals surface area contributed by atoms with Crippen LogP contribution in [0.25, 0.3) is 0 Å². The third kappa shape index (κ3) is 16.5. The first kappa shape index (κ1) is 34.0. The van der Waals surface area contributed by atoms with Gasteiger partial charge >= 0.3 is 0 Å². The molecule has 218 valence electrons. The van der Waals surface area contributed by atoms with E-state index in [2.05, 4.69) is 93.4 Å². The summed E-state index contributed by atoms with van der Waals surface area (Å²) in [4.78, 5) is 0. The minimum Gasteiger partial charge on any atom is -0.375 e. The predicted molar refractivity (Wildman–Crippen MR) is 152 cm³/mol. The molecule has 0 radical (unpaired) electrons. The van der Waals surface area contributed by atoms with Gasteiger partial charge in [0.15, 0.2) is 0 Å². The third-order valence-electron chi connectivity index (χ3n) is 6.66. The summed E-state index contributed by atoms with van der Waals surface area (Å²) in [5.74, 6) is 1.23. The van der Waals surface area contributed by atoms with Crippen LogP contribution < -0.4 is 0 Å². The number of aryl methyl sites for hydroxylation is 1. The van der Waals surface area contributed by atoms with Crippen molar-refractivity contribution in [1.82, 2.24) is 15.0 Å². The van der Waals surface area contributed by atoms with E-state index >= 15 is 0 Å². The van der Waals surface area contributed by atoms with Crippen molar-refractivity contribution in [3.63, 3.8) is 0 Å². The van der Waals surface area contributed by atoms with Crippen molar-refractivity contribution in [3.05, 3.63) is 11.9 Å². The summed E-state index contributed by atoms with van der Waals surface area (Å²) in [7, 11) is 0. The van der Waals surface area contributed by atoms with Gasteiger partial charge in [0, 0.05) is 13.2 Å². The summed E-state index contributed by atoms with van der Waals surface area (Å²) >= 11 is 0. The molecule has 1 rings (SSSR count). The molecule has 0 fully saturated rings. The van der Waals surface area contributed by atoms with Crippen LogP contribution >= 0.6 is 0 Å². The summed E-state index contributed by atoms with van der Waals surface area (Å²) < 4.78 is 26.4. The van der Waals surface area contributed by atoms with Crippen molar-refractivity contribution in [1.29, 1.82) is 0 Å². The van der Waals surface area contributed by atoms with E-state index in [4.69, 9.17) is 18.9 Å². The molecule has 0 N–H and O–H groups in total. The van der Waals surface area contributed by atoms with Gasteiger partial charge in [-0.15, -0.1) is 5.10 Å². The van der Waals surface area contributed by atoms with Crippen molar-refractivity contribution in [2.24, 2.45) is 11.8 Å². The van der Waals surface area contributed by atoms with E-state index in [1.54, 1.807) is 0 Å². The largest absolute Gasteiger partial charge is 0.375 e. The van der Waals surface area contributed by atoms with Gasteiger partial charge in [0.25, 0.3) is 0 Å². The molecule has 0 atom stereocenters. The quantitative estimate of drug-likeness (QED) is 0.179. The van der Waals surface area contributed by atoms with E-state index in [-0.39, 0.29) is 22.4 Å². The van der Waals surface area contributed by atoms with Crippen LogP contribution in [0.4, 0.5) is 0 Å². The molecule has 0 amide bonds. The Hall–Kier alpha value is -1.02. The van der Waals surface area contributed by atoms with Crippen molar-refractivity contribution in [3.8, 4) is 0 Å². The second-order valence-corrected chi connectivity index (χ2v) is 13.9. The molecule has 0 unspecified atom stereocenters. The topological polar surface area (TPSA) is 67.6 Å². The molecule has 7 heteroatoms. The fraction of sp³-hybridized carbons (Fsp3) is 0.933. The maximum absolute atomic E-state index is 6.20. The molecule has 1 aromatic rings. The lowest BCUT2D eigenvalue weighted by molar-refractivity contribution is -0.0816. The molecule has 37 heavy (non-hydrogen) atoms. The number of nitrogens with zero attached hydrogens (tertiary/aromatic N) is 3. The zero-order chi connectivity index (χ0) is 28.3. The number of rotatable bonds is 20. The maximum Gasteiger partial charge on any atom is 0.108 e. The van der Waals surface area contributed by atoms with Gasteiger partial charge in [-0.05, 0) is 99.3 Å². The Bertz CT molecular complexity index is 693. The van der Waals surface area contributed by atoms with Gasteiger partial charge < -0.3 is 18.9 Å². The van der Waals surface area contributed by atoms with E-state index in [1.807, 2.05) is 10.9 Å². The maximum atomic E-state index is 6.20. The average Bonchev–Trinajstić information content (AvgIpc) is 3.21. The van der Waals surface area contributed by atoms with Gasteiger partial charge in [0.05, 0.1) is 48.4 Å². The van der Waals surface area contributed by atoms with Crippen LogP contribution in [0, 0.1) is 11.8 Å². The van der Waals surface area contributed by atoms with E-state index in [0.717, 1.165) is 44.5 Å². The minimum atomic E-state index is -0.291. The van der Waals surface area contributed by atoms with Crippen LogP contribution in [-0.2, 0) is 32.1 Å². The van der Waals surface area contributed by atoms with Crippen molar-refractivity contribution < 1.29 is 18.9 Å². The highest BCUT2D eigenvalue weighted by Crippen LogP contribution is 2.24. The first-order valence-corrected chi connectivity index (χ1v) is 14.4. The van der Waals surface area contributed by atoms with Crippen LogP contribution in [-0.4, -0.2) is 57.2 Å². The van der Waals surface area contributed by atoms with Gasteiger partial charge in [0.1, 0.15) is 5.69 Å². The Labute approximate surface area is 228 Å². The standard InChI is InChI=1S/C30H59N3O4/c1-24(2)13-14-27(5,6)34-19-17-30(11,12)37-23-26-21-33(32-31-26)18-15-28(7,8)35-20-16-29(9,10)36-22-25(3)4/h21,24-25H,13-20,22-23H2,1-12H3. The summed E-state index contributed by atoms with van der Waals surface area (Å²) in [6.07, 6.45) is 6.76. The van der Waals surface area contributed by atoms with Gasteiger partial charge in [-0.2, -0.15) is 0 Å². The molecule has 1 aromatic heterocycles. The van der Waals surface area contributed by atoms with Gasteiger partial charge in [-0.25, -0.2) is 0 Å². The number of hydrogen-bond donors (Lipinski definition) is 0. The van der Waals surface area contributed by atoms with Gasteiger partial charge in [-0.3, -0.25) is 4.68 Å². The summed E-state index contributed by atoms with van der Waals surface area (Å²) in [6, 6.07) is 0. The van der Waals surface area contributed by atoms with Crippen LogP contribution in [0.3, 0.4) is 0 Å².